The number of allylic oxidation sites excluding steroid dienone is 4. The minimum atomic E-state index is 0.651. The maximum absolute atomic E-state index is 5.49. The van der Waals surface area contributed by atoms with Crippen LogP contribution in [0, 0.1) is 0 Å². The number of aliphatic imine (C=N–C) groups is 1. The molecule has 1 aromatic carbocycles. The predicted molar refractivity (Wildman–Crippen MR) is 110 cm³/mol. The van der Waals surface area contributed by atoms with Crippen molar-refractivity contribution in [1.82, 2.24) is 9.97 Å². The van der Waals surface area contributed by atoms with Crippen LogP contribution in [0.3, 0.4) is 0 Å². The van der Waals surface area contributed by atoms with E-state index in [2.05, 4.69) is 41.4 Å². The van der Waals surface area contributed by atoms with Crippen LogP contribution >= 0.6 is 0 Å². The molecule has 1 aliphatic rings. The number of hydrogen-bond donors (Lipinski definition) is 0. The van der Waals surface area contributed by atoms with Crippen LogP contribution in [0.25, 0.3) is 22.0 Å². The lowest BCUT2D eigenvalue weighted by Gasteiger charge is -2.29. The van der Waals surface area contributed by atoms with Crippen LogP contribution in [0.5, 0.6) is 0 Å². The van der Waals surface area contributed by atoms with E-state index in [0.29, 0.717) is 19.0 Å². The smallest absolute Gasteiger partial charge is 0.161 e. The van der Waals surface area contributed by atoms with Gasteiger partial charge in [0, 0.05) is 30.2 Å². The molecule has 2 aromatic rings. The lowest BCUT2D eigenvalue weighted by Crippen LogP contribution is -2.37. The van der Waals surface area contributed by atoms with Crippen molar-refractivity contribution in [2.45, 2.75) is 13.8 Å². The molecule has 0 unspecified atom stereocenters. The Morgan fingerprint density at radius 3 is 2.73 bits per heavy atom. The van der Waals surface area contributed by atoms with Gasteiger partial charge in [0.05, 0.1) is 18.7 Å². The molecule has 1 fully saturated rings. The normalized spacial score (nSPS) is 15.6. The van der Waals surface area contributed by atoms with Crippen molar-refractivity contribution in [1.29, 1.82) is 0 Å². The first-order chi connectivity index (χ1) is 12.6. The summed E-state index contributed by atoms with van der Waals surface area (Å²) in [4.78, 5) is 15.7. The average molecular weight is 348 g/mol. The molecule has 0 N–H and O–H groups in total. The summed E-state index contributed by atoms with van der Waals surface area (Å²) in [6.07, 6.45) is 5.63. The van der Waals surface area contributed by atoms with Gasteiger partial charge in [-0.2, -0.15) is 0 Å². The monoisotopic (exact) mass is 348 g/mol. The summed E-state index contributed by atoms with van der Waals surface area (Å²) in [6, 6.07) is 6.23. The van der Waals surface area contributed by atoms with E-state index in [9.17, 15) is 0 Å². The Bertz CT molecular complexity index is 892. The van der Waals surface area contributed by atoms with E-state index >= 15 is 0 Å². The van der Waals surface area contributed by atoms with Crippen molar-refractivity contribution in [3.8, 4) is 0 Å². The predicted octanol–water partition coefficient (Wildman–Crippen LogP) is 4.12. The minimum absolute atomic E-state index is 0.651. The second-order valence-electron chi connectivity index (χ2n) is 6.22. The van der Waals surface area contributed by atoms with Gasteiger partial charge in [0.15, 0.2) is 5.82 Å². The third kappa shape index (κ3) is 3.73. The number of rotatable bonds is 5. The van der Waals surface area contributed by atoms with Crippen LogP contribution in [0.4, 0.5) is 5.82 Å². The van der Waals surface area contributed by atoms with Gasteiger partial charge >= 0.3 is 0 Å². The van der Waals surface area contributed by atoms with E-state index in [1.54, 1.807) is 6.20 Å². The molecule has 1 aromatic heterocycles. The summed E-state index contributed by atoms with van der Waals surface area (Å²) < 4.78 is 5.49. The molecule has 5 heteroatoms. The van der Waals surface area contributed by atoms with E-state index < -0.39 is 0 Å². The first-order valence-corrected chi connectivity index (χ1v) is 8.73. The Morgan fingerprint density at radius 1 is 1.27 bits per heavy atom. The highest BCUT2D eigenvalue weighted by Gasteiger charge is 2.18. The summed E-state index contributed by atoms with van der Waals surface area (Å²) in [5.74, 6) is 1.59. The Hall–Kier alpha value is -2.79. The van der Waals surface area contributed by atoms with E-state index in [-0.39, 0.29) is 0 Å². The van der Waals surface area contributed by atoms with Gasteiger partial charge in [-0.25, -0.2) is 9.97 Å². The molecule has 1 aliphatic heterocycles. The third-order valence-corrected chi connectivity index (χ3v) is 4.38. The van der Waals surface area contributed by atoms with Crippen LogP contribution < -0.4 is 4.90 Å². The van der Waals surface area contributed by atoms with Gasteiger partial charge in [0.2, 0.25) is 0 Å². The van der Waals surface area contributed by atoms with E-state index in [0.717, 1.165) is 46.5 Å². The van der Waals surface area contributed by atoms with E-state index in [1.165, 1.54) is 0 Å². The molecule has 0 bridgehead atoms. The quantitative estimate of drug-likeness (QED) is 0.602. The van der Waals surface area contributed by atoms with Crippen LogP contribution in [-0.4, -0.2) is 43.0 Å². The number of aromatic nitrogens is 2. The van der Waals surface area contributed by atoms with Gasteiger partial charge in [0.25, 0.3) is 0 Å². The highest BCUT2D eigenvalue weighted by molar-refractivity contribution is 5.93. The van der Waals surface area contributed by atoms with Gasteiger partial charge in [-0.05, 0) is 43.8 Å². The third-order valence-electron chi connectivity index (χ3n) is 4.38. The van der Waals surface area contributed by atoms with Crippen LogP contribution in [0.1, 0.15) is 25.2 Å². The lowest BCUT2D eigenvalue weighted by molar-refractivity contribution is 0.122. The first-order valence-electron chi connectivity index (χ1n) is 8.73. The fraction of sp³-hybridized carbons (Fsp3) is 0.286. The number of morpholine rings is 1. The highest BCUT2D eigenvalue weighted by Crippen LogP contribution is 2.29. The molecule has 134 valence electrons. The van der Waals surface area contributed by atoms with Gasteiger partial charge in [-0.15, -0.1) is 0 Å². The molecule has 0 amide bonds. The number of benzene rings is 1. The molecule has 0 aliphatic carbocycles. The number of nitrogens with zero attached hydrogens (tertiary/aromatic N) is 4. The number of ether oxygens (including phenoxy) is 1. The molecule has 5 nitrogen and oxygen atoms in total. The van der Waals surface area contributed by atoms with Crippen LogP contribution in [0.15, 0.2) is 48.1 Å². The zero-order chi connectivity index (χ0) is 18.5. The summed E-state index contributed by atoms with van der Waals surface area (Å²) in [7, 11) is 0. The Kier molecular flexibility index (Phi) is 5.58. The fourth-order valence-corrected chi connectivity index (χ4v) is 3.01. The van der Waals surface area contributed by atoms with Gasteiger partial charge < -0.3 is 9.64 Å². The molecular formula is C21H24N4O. The number of hydrogen-bond acceptors (Lipinski definition) is 5. The molecule has 0 radical (unpaired) electrons. The average Bonchev–Trinajstić information content (AvgIpc) is 2.67. The van der Waals surface area contributed by atoms with E-state index in [4.69, 9.17) is 14.7 Å². The van der Waals surface area contributed by atoms with Crippen LogP contribution in [0.2, 0.25) is 0 Å². The summed E-state index contributed by atoms with van der Waals surface area (Å²) >= 11 is 0. The Balaban J connectivity index is 2.17. The van der Waals surface area contributed by atoms with Crippen LogP contribution in [-0.2, 0) is 4.74 Å². The van der Waals surface area contributed by atoms with Gasteiger partial charge in [0.1, 0.15) is 5.82 Å². The largest absolute Gasteiger partial charge is 0.378 e. The van der Waals surface area contributed by atoms with Crippen molar-refractivity contribution >= 4 is 34.6 Å². The lowest BCUT2D eigenvalue weighted by atomic mass is 10.1. The van der Waals surface area contributed by atoms with E-state index in [1.807, 2.05) is 26.0 Å². The number of anilines is 1. The zero-order valence-corrected chi connectivity index (χ0v) is 15.4. The molecule has 0 saturated carbocycles. The van der Waals surface area contributed by atoms with Crippen molar-refractivity contribution < 1.29 is 4.74 Å². The fourth-order valence-electron chi connectivity index (χ4n) is 3.01. The van der Waals surface area contributed by atoms with Crippen molar-refractivity contribution in [3.05, 3.63) is 54.5 Å². The zero-order valence-electron chi connectivity index (χ0n) is 15.4. The maximum Gasteiger partial charge on any atom is 0.161 e. The second-order valence-corrected chi connectivity index (χ2v) is 6.22. The van der Waals surface area contributed by atoms with Gasteiger partial charge in [-0.3, -0.25) is 4.99 Å². The molecule has 26 heavy (non-hydrogen) atoms. The highest BCUT2D eigenvalue weighted by atomic mass is 16.5. The number of fused-ring (bicyclic) bond motifs is 1. The second kappa shape index (κ2) is 8.06. The molecule has 1 saturated heterocycles. The molecule has 2 heterocycles. The van der Waals surface area contributed by atoms with Crippen molar-refractivity contribution in [2.24, 2.45) is 4.99 Å². The summed E-state index contributed by atoms with van der Waals surface area (Å²) in [5, 5.41) is 1.03. The molecular weight excluding hydrogens is 324 g/mol. The topological polar surface area (TPSA) is 50.6 Å². The molecule has 0 spiro atoms. The van der Waals surface area contributed by atoms with Gasteiger partial charge in [-0.1, -0.05) is 24.8 Å². The minimum Gasteiger partial charge on any atom is -0.378 e. The SMILES string of the molecule is C=N/C=C(\C)c1ccc2c(N3CCOCC3)nc(C(=C)/C=C\C)nc2c1. The molecule has 0 atom stereocenters. The van der Waals surface area contributed by atoms with Crippen molar-refractivity contribution in [2.75, 3.05) is 31.2 Å². The molecule has 3 rings (SSSR count). The first kappa shape index (κ1) is 18.0. The standard InChI is InChI=1S/C21H24N4O/c1-5-6-15(2)20-23-19-13-17(16(3)14-22-4)7-8-18(19)21(24-20)25-9-11-26-12-10-25/h5-8,13-14H,2,4,9-12H2,1,3H3/b6-5-,16-14+. The Morgan fingerprint density at radius 2 is 2.04 bits per heavy atom. The maximum atomic E-state index is 5.49. The van der Waals surface area contributed by atoms with Crippen molar-refractivity contribution in [3.63, 3.8) is 0 Å². The summed E-state index contributed by atoms with van der Waals surface area (Å²) in [6.45, 7) is 14.7. The Labute approximate surface area is 154 Å². The summed E-state index contributed by atoms with van der Waals surface area (Å²) in [5.41, 5.74) is 3.81.